The summed E-state index contributed by atoms with van der Waals surface area (Å²) in [6, 6.07) is 6.97. The number of allylic oxidation sites excluding steroid dienone is 4. The summed E-state index contributed by atoms with van der Waals surface area (Å²) in [5, 5.41) is 7.86. The molecule has 1 aromatic rings. The van der Waals surface area contributed by atoms with E-state index >= 15 is 0 Å². The van der Waals surface area contributed by atoms with E-state index in [4.69, 9.17) is 5.84 Å². The van der Waals surface area contributed by atoms with Crippen LogP contribution in [0.4, 0.5) is 11.4 Å². The van der Waals surface area contributed by atoms with E-state index < -0.39 is 0 Å². The first-order valence-corrected chi connectivity index (χ1v) is 12.3. The van der Waals surface area contributed by atoms with E-state index in [0.717, 1.165) is 50.3 Å². The highest BCUT2D eigenvalue weighted by Crippen LogP contribution is 2.34. The second-order valence-electron chi connectivity index (χ2n) is 9.54. The average molecular weight is 463 g/mol. The Balaban J connectivity index is 1.46. The summed E-state index contributed by atoms with van der Waals surface area (Å²) in [6.45, 7) is 4.19. The molecule has 0 unspecified atom stereocenters. The van der Waals surface area contributed by atoms with Gasteiger partial charge in [0.2, 0.25) is 0 Å². The van der Waals surface area contributed by atoms with Crippen molar-refractivity contribution in [3.63, 3.8) is 0 Å². The Kier molecular flexibility index (Phi) is 8.08. The summed E-state index contributed by atoms with van der Waals surface area (Å²) in [6.07, 6.45) is 16.5. The van der Waals surface area contributed by atoms with Crippen molar-refractivity contribution in [2.24, 2.45) is 5.84 Å². The lowest BCUT2D eigenvalue weighted by molar-refractivity contribution is -0.113. The van der Waals surface area contributed by atoms with Crippen LogP contribution in [-0.4, -0.2) is 62.1 Å². The quantitative estimate of drug-likeness (QED) is 0.238. The zero-order chi connectivity index (χ0) is 23.9. The second kappa shape index (κ2) is 11.4. The van der Waals surface area contributed by atoms with E-state index in [1.807, 2.05) is 30.5 Å². The van der Waals surface area contributed by atoms with Crippen molar-refractivity contribution >= 4 is 17.3 Å². The number of anilines is 2. The summed E-state index contributed by atoms with van der Waals surface area (Å²) < 4.78 is 0. The monoisotopic (exact) mass is 462 g/mol. The molecule has 1 aromatic carbocycles. The standard InChI is InChI=1S/C27H38N6O/c1-31-16-12-25(13-17-31)33-18-11-22-9-10-24(19-26(22)33)30-27(34)23(6-4-15-32(2)28)8-7-21-5-3-14-29-20-21/h3-6,9-10,14-15,19,25,29H,7-8,11-13,16-18,20,28H2,1-2H3,(H,30,34)/b15-4-,23-6+. The van der Waals surface area contributed by atoms with Gasteiger partial charge in [0, 0.05) is 49.3 Å². The van der Waals surface area contributed by atoms with Gasteiger partial charge in [0.05, 0.1) is 0 Å². The zero-order valence-corrected chi connectivity index (χ0v) is 20.5. The molecule has 3 aliphatic heterocycles. The Morgan fingerprint density at radius 1 is 1.29 bits per heavy atom. The number of fused-ring (bicyclic) bond motifs is 1. The molecular formula is C27H38N6O. The van der Waals surface area contributed by atoms with Crippen LogP contribution in [0.15, 0.2) is 66.0 Å². The molecule has 4 N–H and O–H groups in total. The first-order valence-electron chi connectivity index (χ1n) is 12.3. The topological polar surface area (TPSA) is 76.9 Å². The molecule has 4 rings (SSSR count). The smallest absolute Gasteiger partial charge is 0.251 e. The third-order valence-electron chi connectivity index (χ3n) is 6.90. The van der Waals surface area contributed by atoms with Crippen LogP contribution < -0.4 is 21.4 Å². The lowest BCUT2D eigenvalue weighted by Crippen LogP contribution is -2.43. The van der Waals surface area contributed by atoms with Gasteiger partial charge in [0.15, 0.2) is 0 Å². The molecular weight excluding hydrogens is 424 g/mol. The van der Waals surface area contributed by atoms with E-state index in [9.17, 15) is 4.79 Å². The molecule has 34 heavy (non-hydrogen) atoms. The number of hydrazine groups is 1. The van der Waals surface area contributed by atoms with Crippen molar-refractivity contribution in [1.82, 2.24) is 15.2 Å². The highest BCUT2D eigenvalue weighted by molar-refractivity contribution is 6.04. The number of nitrogens with one attached hydrogen (secondary N) is 2. The molecule has 0 aliphatic carbocycles. The molecule has 3 heterocycles. The van der Waals surface area contributed by atoms with Crippen molar-refractivity contribution in [1.29, 1.82) is 0 Å². The van der Waals surface area contributed by atoms with Gasteiger partial charge in [-0.05, 0) is 88.3 Å². The maximum atomic E-state index is 13.3. The fraction of sp³-hybridized carbons (Fsp3) is 0.444. The minimum atomic E-state index is -0.0620. The molecule has 0 radical (unpaired) electrons. The van der Waals surface area contributed by atoms with E-state index in [0.29, 0.717) is 12.5 Å². The maximum Gasteiger partial charge on any atom is 0.251 e. The lowest BCUT2D eigenvalue weighted by atomic mass is 10.0. The van der Waals surface area contributed by atoms with Crippen LogP contribution in [0.1, 0.15) is 31.2 Å². The number of benzene rings is 1. The third-order valence-corrected chi connectivity index (χ3v) is 6.90. The minimum absolute atomic E-state index is 0.0620. The van der Waals surface area contributed by atoms with Crippen molar-refractivity contribution in [3.8, 4) is 0 Å². The number of dihydropyridines is 1. The molecule has 0 atom stereocenters. The van der Waals surface area contributed by atoms with Crippen LogP contribution in [0.25, 0.3) is 0 Å². The number of piperidine rings is 1. The van der Waals surface area contributed by atoms with Gasteiger partial charge in [0.1, 0.15) is 0 Å². The average Bonchev–Trinajstić information content (AvgIpc) is 3.25. The van der Waals surface area contributed by atoms with Crippen LogP contribution in [0, 0.1) is 0 Å². The summed E-state index contributed by atoms with van der Waals surface area (Å²) >= 11 is 0. The molecule has 3 aliphatic rings. The highest BCUT2D eigenvalue weighted by atomic mass is 16.1. The Morgan fingerprint density at radius 3 is 2.85 bits per heavy atom. The zero-order valence-electron chi connectivity index (χ0n) is 20.5. The van der Waals surface area contributed by atoms with Gasteiger partial charge in [-0.3, -0.25) is 4.79 Å². The number of nitrogens with two attached hydrogens (primary N) is 1. The summed E-state index contributed by atoms with van der Waals surface area (Å²) in [4.78, 5) is 18.2. The van der Waals surface area contributed by atoms with Gasteiger partial charge in [0.25, 0.3) is 5.91 Å². The number of hydrogen-bond acceptors (Lipinski definition) is 6. The number of amides is 1. The van der Waals surface area contributed by atoms with Crippen LogP contribution in [0.2, 0.25) is 0 Å². The molecule has 0 aromatic heterocycles. The molecule has 0 bridgehead atoms. The maximum absolute atomic E-state index is 13.3. The van der Waals surface area contributed by atoms with Gasteiger partial charge in [-0.2, -0.15) is 0 Å². The minimum Gasteiger partial charge on any atom is -0.387 e. The Bertz CT molecular complexity index is 985. The Hall–Kier alpha value is -3.03. The van der Waals surface area contributed by atoms with Gasteiger partial charge in [-0.1, -0.05) is 23.8 Å². The fourth-order valence-corrected chi connectivity index (χ4v) is 4.91. The van der Waals surface area contributed by atoms with Gasteiger partial charge in [-0.15, -0.1) is 0 Å². The largest absolute Gasteiger partial charge is 0.387 e. The second-order valence-corrected chi connectivity index (χ2v) is 9.54. The van der Waals surface area contributed by atoms with Gasteiger partial charge >= 0.3 is 0 Å². The molecule has 1 amide bonds. The van der Waals surface area contributed by atoms with Crippen molar-refractivity contribution in [2.75, 3.05) is 50.5 Å². The summed E-state index contributed by atoms with van der Waals surface area (Å²) in [7, 11) is 3.96. The molecule has 1 saturated heterocycles. The Labute approximate surface area is 203 Å². The normalized spacial score (nSPS) is 19.2. The number of nitrogens with zero attached hydrogens (tertiary/aromatic N) is 3. The Morgan fingerprint density at radius 2 is 2.12 bits per heavy atom. The highest BCUT2D eigenvalue weighted by Gasteiger charge is 2.28. The lowest BCUT2D eigenvalue weighted by Gasteiger charge is -2.36. The molecule has 0 saturated carbocycles. The van der Waals surface area contributed by atoms with Crippen molar-refractivity contribution in [2.45, 2.75) is 38.1 Å². The van der Waals surface area contributed by atoms with E-state index in [2.05, 4.69) is 45.7 Å². The first-order chi connectivity index (χ1) is 16.5. The predicted octanol–water partition coefficient (Wildman–Crippen LogP) is 3.15. The number of hydrogen-bond donors (Lipinski definition) is 3. The summed E-state index contributed by atoms with van der Waals surface area (Å²) in [5.41, 5.74) is 5.55. The van der Waals surface area contributed by atoms with E-state index in [-0.39, 0.29) is 5.91 Å². The molecule has 7 nitrogen and oxygen atoms in total. The summed E-state index contributed by atoms with van der Waals surface area (Å²) in [5.74, 6) is 5.63. The van der Waals surface area contributed by atoms with Crippen LogP contribution in [0.3, 0.4) is 0 Å². The van der Waals surface area contributed by atoms with Gasteiger partial charge < -0.3 is 25.4 Å². The SMILES string of the molecule is CN(N)/C=C\C=C(/CCC1=CC=CNC1)C(=O)Nc1ccc2c(c1)N(C1CCN(C)CC1)CC2. The number of rotatable bonds is 8. The van der Waals surface area contributed by atoms with Crippen molar-refractivity contribution < 1.29 is 4.79 Å². The number of carbonyl (C=O) groups is 1. The van der Waals surface area contributed by atoms with Crippen LogP contribution in [0.5, 0.6) is 0 Å². The predicted molar refractivity (Wildman–Crippen MR) is 140 cm³/mol. The number of carbonyl (C=O) groups excluding carboxylic acids is 1. The van der Waals surface area contributed by atoms with Crippen LogP contribution >= 0.6 is 0 Å². The number of likely N-dealkylation sites (tertiary alicyclic amines) is 1. The third kappa shape index (κ3) is 6.30. The first kappa shape index (κ1) is 24.1. The molecule has 0 spiro atoms. The fourth-order valence-electron chi connectivity index (χ4n) is 4.91. The molecule has 7 heteroatoms. The van der Waals surface area contributed by atoms with E-state index in [1.54, 1.807) is 13.2 Å². The van der Waals surface area contributed by atoms with Crippen LogP contribution in [-0.2, 0) is 11.2 Å². The van der Waals surface area contributed by atoms with Crippen molar-refractivity contribution in [3.05, 3.63) is 71.6 Å². The van der Waals surface area contributed by atoms with E-state index in [1.165, 1.54) is 34.7 Å². The molecule has 1 fully saturated rings. The molecule has 182 valence electrons. The van der Waals surface area contributed by atoms with Gasteiger partial charge in [-0.25, -0.2) is 5.84 Å².